The zero-order valence-electron chi connectivity index (χ0n) is 9.85. The second-order valence-corrected chi connectivity index (χ2v) is 4.66. The molecule has 0 spiro atoms. The number of pyridine rings is 1. The van der Waals surface area contributed by atoms with E-state index < -0.39 is 0 Å². The fraction of sp³-hybridized carbons (Fsp3) is 0.333. The summed E-state index contributed by atoms with van der Waals surface area (Å²) in [5, 5.41) is 4.44. The normalized spacial score (nSPS) is 10.8. The van der Waals surface area contributed by atoms with Gasteiger partial charge < -0.3 is 4.57 Å². The first kappa shape index (κ1) is 12.1. The minimum absolute atomic E-state index is 0.0282. The number of aryl methyl sites for hydroxylation is 2. The van der Waals surface area contributed by atoms with E-state index in [1.165, 1.54) is 0 Å². The van der Waals surface area contributed by atoms with Gasteiger partial charge in [-0.3, -0.25) is 9.48 Å². The standard InChI is InChI=1S/C12H14BrN3O/c1-3-16-11(12(13)9(2)14-16)8-15-6-4-10(17)5-7-15/h4-7H,3,8H2,1-2H3. The molecule has 0 fully saturated rings. The summed E-state index contributed by atoms with van der Waals surface area (Å²) in [7, 11) is 0. The third-order valence-corrected chi connectivity index (χ3v) is 3.68. The van der Waals surface area contributed by atoms with Crippen LogP contribution >= 0.6 is 15.9 Å². The molecule has 2 aromatic rings. The van der Waals surface area contributed by atoms with Gasteiger partial charge in [0.15, 0.2) is 5.43 Å². The average Bonchev–Trinajstić information content (AvgIpc) is 2.59. The van der Waals surface area contributed by atoms with Crippen LogP contribution in [-0.4, -0.2) is 14.3 Å². The van der Waals surface area contributed by atoms with Gasteiger partial charge in [-0.05, 0) is 29.8 Å². The van der Waals surface area contributed by atoms with Gasteiger partial charge in [-0.1, -0.05) is 0 Å². The molecule has 17 heavy (non-hydrogen) atoms. The molecule has 2 aromatic heterocycles. The lowest BCUT2D eigenvalue weighted by Gasteiger charge is -2.08. The van der Waals surface area contributed by atoms with Gasteiger partial charge in [-0.2, -0.15) is 5.10 Å². The van der Waals surface area contributed by atoms with Crippen LogP contribution in [0.3, 0.4) is 0 Å². The van der Waals surface area contributed by atoms with Crippen LogP contribution in [0.15, 0.2) is 33.8 Å². The Bertz CT molecular complexity index is 565. The van der Waals surface area contributed by atoms with Crippen molar-refractivity contribution in [3.8, 4) is 0 Å². The number of aromatic nitrogens is 3. The lowest BCUT2D eigenvalue weighted by atomic mass is 10.3. The van der Waals surface area contributed by atoms with E-state index in [-0.39, 0.29) is 5.43 Å². The Kier molecular flexibility index (Phi) is 3.47. The van der Waals surface area contributed by atoms with Gasteiger partial charge in [0.25, 0.3) is 0 Å². The maximum absolute atomic E-state index is 11.0. The number of halogens is 1. The van der Waals surface area contributed by atoms with Crippen LogP contribution < -0.4 is 5.43 Å². The molecule has 0 N–H and O–H groups in total. The molecule has 0 amide bonds. The molecule has 90 valence electrons. The SMILES string of the molecule is CCn1nc(C)c(Br)c1Cn1ccc(=O)cc1. The minimum Gasteiger partial charge on any atom is -0.348 e. The van der Waals surface area contributed by atoms with Gasteiger partial charge in [0, 0.05) is 31.1 Å². The van der Waals surface area contributed by atoms with Crippen molar-refractivity contribution in [3.63, 3.8) is 0 Å². The number of hydrogen-bond acceptors (Lipinski definition) is 2. The van der Waals surface area contributed by atoms with Crippen LogP contribution in [0, 0.1) is 6.92 Å². The zero-order valence-corrected chi connectivity index (χ0v) is 11.4. The van der Waals surface area contributed by atoms with Crippen molar-refractivity contribution in [2.24, 2.45) is 0 Å². The van der Waals surface area contributed by atoms with Crippen LogP contribution in [-0.2, 0) is 13.1 Å². The predicted molar refractivity (Wildman–Crippen MR) is 70.1 cm³/mol. The lowest BCUT2D eigenvalue weighted by Crippen LogP contribution is -2.10. The third-order valence-electron chi connectivity index (χ3n) is 2.65. The molecule has 0 aliphatic carbocycles. The molecular weight excluding hydrogens is 282 g/mol. The van der Waals surface area contributed by atoms with E-state index in [9.17, 15) is 4.79 Å². The molecule has 0 atom stereocenters. The van der Waals surface area contributed by atoms with Crippen LogP contribution in [0.5, 0.6) is 0 Å². The summed E-state index contributed by atoms with van der Waals surface area (Å²) in [5.74, 6) is 0. The van der Waals surface area contributed by atoms with Gasteiger partial charge in [-0.25, -0.2) is 0 Å². The van der Waals surface area contributed by atoms with Crippen molar-refractivity contribution < 1.29 is 0 Å². The first-order valence-electron chi connectivity index (χ1n) is 5.49. The average molecular weight is 296 g/mol. The van der Waals surface area contributed by atoms with E-state index in [4.69, 9.17) is 0 Å². The van der Waals surface area contributed by atoms with Crippen molar-refractivity contribution in [3.05, 3.63) is 50.6 Å². The molecule has 4 nitrogen and oxygen atoms in total. The second kappa shape index (κ2) is 4.87. The highest BCUT2D eigenvalue weighted by atomic mass is 79.9. The summed E-state index contributed by atoms with van der Waals surface area (Å²) in [6, 6.07) is 3.13. The smallest absolute Gasteiger partial charge is 0.181 e. The summed E-state index contributed by atoms with van der Waals surface area (Å²) in [6.45, 7) is 5.58. The fourth-order valence-electron chi connectivity index (χ4n) is 1.74. The highest BCUT2D eigenvalue weighted by molar-refractivity contribution is 9.10. The molecule has 2 heterocycles. The number of hydrogen-bond donors (Lipinski definition) is 0. The zero-order chi connectivity index (χ0) is 12.4. The Morgan fingerprint density at radius 2 is 2.00 bits per heavy atom. The Labute approximate surface area is 108 Å². The highest BCUT2D eigenvalue weighted by Crippen LogP contribution is 2.21. The Balaban J connectivity index is 2.35. The minimum atomic E-state index is 0.0282. The summed E-state index contributed by atoms with van der Waals surface area (Å²) >= 11 is 3.56. The summed E-state index contributed by atoms with van der Waals surface area (Å²) < 4.78 is 4.98. The maximum Gasteiger partial charge on any atom is 0.181 e. The molecule has 0 saturated carbocycles. The van der Waals surface area contributed by atoms with Crippen molar-refractivity contribution in [1.29, 1.82) is 0 Å². The van der Waals surface area contributed by atoms with Crippen molar-refractivity contribution in [2.75, 3.05) is 0 Å². The van der Waals surface area contributed by atoms with Gasteiger partial charge in [0.05, 0.1) is 22.4 Å². The molecule has 0 radical (unpaired) electrons. The van der Waals surface area contributed by atoms with E-state index in [1.807, 2.05) is 16.2 Å². The van der Waals surface area contributed by atoms with E-state index >= 15 is 0 Å². The molecule has 0 aliphatic heterocycles. The highest BCUT2D eigenvalue weighted by Gasteiger charge is 2.11. The van der Waals surface area contributed by atoms with E-state index in [2.05, 4.69) is 28.0 Å². The molecule has 5 heteroatoms. The van der Waals surface area contributed by atoms with Gasteiger partial charge >= 0.3 is 0 Å². The molecule has 0 saturated heterocycles. The van der Waals surface area contributed by atoms with E-state index in [0.717, 1.165) is 22.4 Å². The van der Waals surface area contributed by atoms with Crippen LogP contribution in [0.1, 0.15) is 18.3 Å². The van der Waals surface area contributed by atoms with Crippen LogP contribution in [0.2, 0.25) is 0 Å². The molecule has 0 bridgehead atoms. The first-order valence-corrected chi connectivity index (χ1v) is 6.29. The van der Waals surface area contributed by atoms with Crippen molar-refractivity contribution in [1.82, 2.24) is 14.3 Å². The summed E-state index contributed by atoms with van der Waals surface area (Å²) in [6.07, 6.45) is 3.58. The van der Waals surface area contributed by atoms with E-state index in [1.54, 1.807) is 24.5 Å². The number of nitrogens with zero attached hydrogens (tertiary/aromatic N) is 3. The molecular formula is C12H14BrN3O. The fourth-order valence-corrected chi connectivity index (χ4v) is 2.15. The first-order chi connectivity index (χ1) is 8.11. The van der Waals surface area contributed by atoms with E-state index in [0.29, 0.717) is 6.54 Å². The predicted octanol–water partition coefficient (Wildman–Crippen LogP) is 2.18. The maximum atomic E-state index is 11.0. The van der Waals surface area contributed by atoms with Crippen molar-refractivity contribution >= 4 is 15.9 Å². The summed E-state index contributed by atoms with van der Waals surface area (Å²) in [4.78, 5) is 11.0. The van der Waals surface area contributed by atoms with Crippen molar-refractivity contribution in [2.45, 2.75) is 26.9 Å². The second-order valence-electron chi connectivity index (χ2n) is 3.87. The topological polar surface area (TPSA) is 39.8 Å². The molecule has 0 aromatic carbocycles. The van der Waals surface area contributed by atoms with Gasteiger partial charge in [-0.15, -0.1) is 0 Å². The van der Waals surface area contributed by atoms with Crippen LogP contribution in [0.25, 0.3) is 0 Å². The summed E-state index contributed by atoms with van der Waals surface area (Å²) in [5.41, 5.74) is 2.14. The Morgan fingerprint density at radius 3 is 2.59 bits per heavy atom. The third kappa shape index (κ3) is 2.49. The molecule has 2 rings (SSSR count). The largest absolute Gasteiger partial charge is 0.348 e. The van der Waals surface area contributed by atoms with Gasteiger partial charge in [0.2, 0.25) is 0 Å². The quantitative estimate of drug-likeness (QED) is 0.871. The van der Waals surface area contributed by atoms with Crippen LogP contribution in [0.4, 0.5) is 0 Å². The molecule has 0 aliphatic rings. The monoisotopic (exact) mass is 295 g/mol. The Morgan fingerprint density at radius 1 is 1.35 bits per heavy atom. The lowest BCUT2D eigenvalue weighted by molar-refractivity contribution is 0.595. The molecule has 0 unspecified atom stereocenters. The van der Waals surface area contributed by atoms with Gasteiger partial charge in [0.1, 0.15) is 0 Å². The number of rotatable bonds is 3. The Hall–Kier alpha value is -1.36.